The van der Waals surface area contributed by atoms with Crippen molar-refractivity contribution in [3.05, 3.63) is 48.6 Å². The molecule has 1 aliphatic rings. The highest BCUT2D eigenvalue weighted by atomic mass is 32.2. The van der Waals surface area contributed by atoms with Crippen LogP contribution in [0.1, 0.15) is 30.5 Å². The average molecular weight is 398 g/mol. The zero-order valence-corrected chi connectivity index (χ0v) is 16.7. The summed E-state index contributed by atoms with van der Waals surface area (Å²) in [6, 6.07) is 7.82. The molecule has 1 aromatic carbocycles. The minimum absolute atomic E-state index is 0.131. The van der Waals surface area contributed by atoms with Crippen molar-refractivity contribution in [1.82, 2.24) is 24.6 Å². The van der Waals surface area contributed by atoms with Crippen molar-refractivity contribution < 1.29 is 9.21 Å². The summed E-state index contributed by atoms with van der Waals surface area (Å²) in [4.78, 5) is 19.2. The van der Waals surface area contributed by atoms with Crippen LogP contribution in [-0.2, 0) is 11.3 Å². The van der Waals surface area contributed by atoms with E-state index in [0.29, 0.717) is 12.3 Å². The summed E-state index contributed by atoms with van der Waals surface area (Å²) < 4.78 is 7.87. The average Bonchev–Trinajstić information content (AvgIpc) is 3.31. The Bertz CT molecular complexity index is 955. The smallest absolute Gasteiger partial charge is 0.233 e. The van der Waals surface area contributed by atoms with Crippen molar-refractivity contribution >= 4 is 28.8 Å². The van der Waals surface area contributed by atoms with Crippen molar-refractivity contribution in [2.75, 3.05) is 18.8 Å². The molecule has 1 amide bonds. The van der Waals surface area contributed by atoms with E-state index in [0.717, 1.165) is 53.9 Å². The van der Waals surface area contributed by atoms with Crippen LogP contribution in [0.25, 0.3) is 11.1 Å². The number of aromatic nitrogens is 4. The molecule has 0 bridgehead atoms. The molecule has 8 heteroatoms. The molecule has 0 saturated carbocycles. The number of oxazole rings is 1. The van der Waals surface area contributed by atoms with Gasteiger partial charge in [-0.25, -0.2) is 4.98 Å². The number of carbonyl (C=O) groups excluding carboxylic acids is 1. The summed E-state index contributed by atoms with van der Waals surface area (Å²) in [5.74, 6) is 2.38. The Morgan fingerprint density at radius 3 is 2.86 bits per heavy atom. The second kappa shape index (κ2) is 8.18. The Labute approximate surface area is 167 Å². The van der Waals surface area contributed by atoms with Gasteiger partial charge < -0.3 is 13.9 Å². The van der Waals surface area contributed by atoms with Gasteiger partial charge >= 0.3 is 0 Å². The number of thioether (sulfide) groups is 1. The third kappa shape index (κ3) is 3.82. The first-order valence-corrected chi connectivity index (χ1v) is 10.4. The van der Waals surface area contributed by atoms with Gasteiger partial charge in [0.2, 0.25) is 5.91 Å². The number of amides is 1. The van der Waals surface area contributed by atoms with E-state index in [1.165, 1.54) is 11.8 Å². The van der Waals surface area contributed by atoms with E-state index in [4.69, 9.17) is 4.42 Å². The van der Waals surface area contributed by atoms with E-state index in [1.807, 2.05) is 40.7 Å². The number of aryl methyl sites for hydroxylation is 1. The minimum atomic E-state index is 0.131. The third-order valence-corrected chi connectivity index (χ3v) is 6.00. The summed E-state index contributed by atoms with van der Waals surface area (Å²) in [5, 5.41) is 9.01. The third-order valence-electron chi connectivity index (χ3n) is 5.05. The van der Waals surface area contributed by atoms with Gasteiger partial charge in [0.15, 0.2) is 16.6 Å². The molecule has 1 saturated heterocycles. The number of piperidine rings is 1. The van der Waals surface area contributed by atoms with Crippen LogP contribution < -0.4 is 0 Å². The molecule has 3 aromatic rings. The lowest BCUT2D eigenvalue weighted by atomic mass is 9.97. The van der Waals surface area contributed by atoms with Gasteiger partial charge in [-0.1, -0.05) is 30.0 Å². The number of fused-ring (bicyclic) bond motifs is 1. The van der Waals surface area contributed by atoms with Gasteiger partial charge in [0, 0.05) is 25.6 Å². The van der Waals surface area contributed by atoms with Crippen LogP contribution in [0.15, 0.2) is 46.5 Å². The number of benzene rings is 1. The minimum Gasteiger partial charge on any atom is -0.440 e. The summed E-state index contributed by atoms with van der Waals surface area (Å²) >= 11 is 1.43. The van der Waals surface area contributed by atoms with E-state index in [9.17, 15) is 4.79 Å². The van der Waals surface area contributed by atoms with E-state index in [1.54, 1.807) is 6.08 Å². The molecule has 28 heavy (non-hydrogen) atoms. The molecule has 0 spiro atoms. The summed E-state index contributed by atoms with van der Waals surface area (Å²) in [6.45, 7) is 7.75. The van der Waals surface area contributed by atoms with E-state index < -0.39 is 0 Å². The summed E-state index contributed by atoms with van der Waals surface area (Å²) in [5.41, 5.74) is 1.72. The zero-order valence-electron chi connectivity index (χ0n) is 15.9. The van der Waals surface area contributed by atoms with Crippen molar-refractivity contribution in [3.8, 4) is 0 Å². The monoisotopic (exact) mass is 397 g/mol. The van der Waals surface area contributed by atoms with Crippen LogP contribution in [-0.4, -0.2) is 49.4 Å². The number of hydrogen-bond acceptors (Lipinski definition) is 6. The predicted octanol–water partition coefficient (Wildman–Crippen LogP) is 3.41. The zero-order chi connectivity index (χ0) is 19.5. The van der Waals surface area contributed by atoms with Gasteiger partial charge in [-0.15, -0.1) is 16.8 Å². The number of carbonyl (C=O) groups is 1. The van der Waals surface area contributed by atoms with Crippen LogP contribution in [0, 0.1) is 6.92 Å². The second-order valence-corrected chi connectivity index (χ2v) is 7.84. The van der Waals surface area contributed by atoms with Crippen LogP contribution >= 0.6 is 11.8 Å². The van der Waals surface area contributed by atoms with Crippen LogP contribution in [0.3, 0.4) is 0 Å². The molecule has 0 unspecified atom stereocenters. The molecular weight excluding hydrogens is 374 g/mol. The fraction of sp³-hybridized carbons (Fsp3) is 0.400. The highest BCUT2D eigenvalue weighted by Gasteiger charge is 2.27. The lowest BCUT2D eigenvalue weighted by Crippen LogP contribution is -2.39. The molecule has 0 N–H and O–H groups in total. The van der Waals surface area contributed by atoms with Crippen molar-refractivity contribution in [3.63, 3.8) is 0 Å². The molecule has 4 rings (SSSR count). The molecule has 146 valence electrons. The molecule has 7 nitrogen and oxygen atoms in total. The Hall–Kier alpha value is -2.61. The lowest BCUT2D eigenvalue weighted by Gasteiger charge is -2.30. The number of rotatable bonds is 6. The number of hydrogen-bond donors (Lipinski definition) is 0. The summed E-state index contributed by atoms with van der Waals surface area (Å²) in [6.07, 6.45) is 3.54. The number of nitrogens with zero attached hydrogens (tertiary/aromatic N) is 5. The first-order valence-electron chi connectivity index (χ1n) is 9.42. The largest absolute Gasteiger partial charge is 0.440 e. The number of para-hydroxylation sites is 2. The maximum absolute atomic E-state index is 12.6. The van der Waals surface area contributed by atoms with E-state index >= 15 is 0 Å². The molecule has 0 aliphatic carbocycles. The molecular formula is C20H23N5O2S. The Morgan fingerprint density at radius 2 is 2.11 bits per heavy atom. The quantitative estimate of drug-likeness (QED) is 0.469. The van der Waals surface area contributed by atoms with Gasteiger partial charge in [0.05, 0.1) is 5.75 Å². The lowest BCUT2D eigenvalue weighted by molar-refractivity contribution is -0.129. The Kier molecular flexibility index (Phi) is 5.47. The van der Waals surface area contributed by atoms with Gasteiger partial charge in [0.1, 0.15) is 11.3 Å². The van der Waals surface area contributed by atoms with Gasteiger partial charge in [-0.2, -0.15) is 0 Å². The van der Waals surface area contributed by atoms with Crippen molar-refractivity contribution in [2.24, 2.45) is 0 Å². The van der Waals surface area contributed by atoms with Crippen molar-refractivity contribution in [2.45, 2.75) is 37.4 Å². The van der Waals surface area contributed by atoms with E-state index in [-0.39, 0.29) is 11.8 Å². The van der Waals surface area contributed by atoms with Gasteiger partial charge in [0.25, 0.3) is 0 Å². The first kappa shape index (κ1) is 18.7. The fourth-order valence-corrected chi connectivity index (χ4v) is 4.36. The number of likely N-dealkylation sites (tertiary alicyclic amines) is 1. The highest BCUT2D eigenvalue weighted by molar-refractivity contribution is 7.99. The predicted molar refractivity (Wildman–Crippen MR) is 108 cm³/mol. The SMILES string of the molecule is C=CCn1c(C)nnc1SCC(=O)N1CCC(c2nc3ccccc3o2)CC1. The molecule has 3 heterocycles. The molecule has 1 aliphatic heterocycles. The van der Waals surface area contributed by atoms with Crippen LogP contribution in [0.2, 0.25) is 0 Å². The molecule has 1 fully saturated rings. The molecule has 0 radical (unpaired) electrons. The Balaban J connectivity index is 1.32. The van der Waals surface area contributed by atoms with Gasteiger partial charge in [-0.3, -0.25) is 4.79 Å². The van der Waals surface area contributed by atoms with E-state index in [2.05, 4.69) is 21.8 Å². The van der Waals surface area contributed by atoms with Crippen molar-refractivity contribution in [1.29, 1.82) is 0 Å². The summed E-state index contributed by atoms with van der Waals surface area (Å²) in [7, 11) is 0. The normalized spacial score (nSPS) is 15.2. The molecule has 2 aromatic heterocycles. The first-order chi connectivity index (χ1) is 13.7. The maximum atomic E-state index is 12.6. The second-order valence-electron chi connectivity index (χ2n) is 6.89. The number of allylic oxidation sites excluding steroid dienone is 1. The standard InChI is InChI=1S/C20H23N5O2S/c1-3-10-25-14(2)22-23-20(25)28-13-18(26)24-11-8-15(9-12-24)19-21-16-6-4-5-7-17(16)27-19/h3-7,15H,1,8-13H2,2H3. The maximum Gasteiger partial charge on any atom is 0.233 e. The Morgan fingerprint density at radius 1 is 1.32 bits per heavy atom. The van der Waals surface area contributed by atoms with Gasteiger partial charge in [-0.05, 0) is 31.9 Å². The highest BCUT2D eigenvalue weighted by Crippen LogP contribution is 2.30. The topological polar surface area (TPSA) is 77.1 Å². The molecule has 0 atom stereocenters. The fourth-order valence-electron chi connectivity index (χ4n) is 3.47. The van der Waals surface area contributed by atoms with Crippen LogP contribution in [0.5, 0.6) is 0 Å². The van der Waals surface area contributed by atoms with Crippen LogP contribution in [0.4, 0.5) is 0 Å².